The van der Waals surface area contributed by atoms with Crippen molar-refractivity contribution < 1.29 is 19.1 Å². The molecule has 144 valence electrons. The van der Waals surface area contributed by atoms with Gasteiger partial charge in [-0.25, -0.2) is 0 Å². The number of nitrogens with one attached hydrogen (secondary N) is 2. The molecule has 0 bridgehead atoms. The van der Waals surface area contributed by atoms with Gasteiger partial charge in [-0.3, -0.25) is 14.9 Å². The van der Waals surface area contributed by atoms with Gasteiger partial charge < -0.3 is 14.5 Å². The molecule has 0 aliphatic carbocycles. The van der Waals surface area contributed by atoms with Gasteiger partial charge in [0.25, 0.3) is 5.24 Å². The number of carbonyl (C=O) groups is 2. The molecule has 7 heteroatoms. The van der Waals surface area contributed by atoms with Crippen LogP contribution in [0.1, 0.15) is 11.3 Å². The molecule has 0 spiro atoms. The zero-order chi connectivity index (χ0) is 19.5. The van der Waals surface area contributed by atoms with E-state index in [9.17, 15) is 9.59 Å². The highest BCUT2D eigenvalue weighted by Gasteiger charge is 2.31. The quantitative estimate of drug-likeness (QED) is 0.637. The minimum absolute atomic E-state index is 0.216. The molecule has 4 rings (SSSR count). The van der Waals surface area contributed by atoms with Crippen LogP contribution in [0.15, 0.2) is 48.5 Å². The molecule has 0 saturated carbocycles. The summed E-state index contributed by atoms with van der Waals surface area (Å²) in [6.45, 7) is 0.554. The molecule has 2 heterocycles. The molecule has 2 amide bonds. The number of hydrogen-bond acceptors (Lipinski definition) is 5. The van der Waals surface area contributed by atoms with Crippen LogP contribution in [0.3, 0.4) is 0 Å². The minimum Gasteiger partial charge on any atom is -0.497 e. The summed E-state index contributed by atoms with van der Waals surface area (Å²) in [6, 6.07) is 15.7. The number of aromatic amines is 1. The SMILES string of the molecule is COc1ccc2[nH]c(CCOc3ccc(CC4SC(=O)NC4=O)cc3)cc2c1. The maximum absolute atomic E-state index is 11.6. The Kier molecular flexibility index (Phi) is 5.25. The maximum Gasteiger partial charge on any atom is 0.286 e. The summed E-state index contributed by atoms with van der Waals surface area (Å²) in [5.41, 5.74) is 3.18. The molecular formula is C21H20N2O4S. The molecule has 0 radical (unpaired) electrons. The van der Waals surface area contributed by atoms with E-state index in [1.165, 1.54) is 0 Å². The second kappa shape index (κ2) is 7.98. The van der Waals surface area contributed by atoms with E-state index in [0.29, 0.717) is 13.0 Å². The Morgan fingerprint density at radius 3 is 2.54 bits per heavy atom. The summed E-state index contributed by atoms with van der Waals surface area (Å²) in [7, 11) is 1.66. The Morgan fingerprint density at radius 1 is 1.04 bits per heavy atom. The number of aromatic nitrogens is 1. The molecule has 1 aliphatic heterocycles. The predicted octanol–water partition coefficient (Wildman–Crippen LogP) is 3.69. The first kappa shape index (κ1) is 18.4. The Labute approximate surface area is 166 Å². The fourth-order valence-corrected chi connectivity index (χ4v) is 4.03. The summed E-state index contributed by atoms with van der Waals surface area (Å²) in [5, 5.41) is 2.80. The van der Waals surface area contributed by atoms with Crippen LogP contribution in [0.4, 0.5) is 4.79 Å². The first-order valence-electron chi connectivity index (χ1n) is 8.99. The normalized spacial score (nSPS) is 16.4. The summed E-state index contributed by atoms with van der Waals surface area (Å²) in [5.74, 6) is 1.40. The smallest absolute Gasteiger partial charge is 0.286 e. The van der Waals surface area contributed by atoms with Gasteiger partial charge in [-0.1, -0.05) is 23.9 Å². The molecule has 28 heavy (non-hydrogen) atoms. The number of ether oxygens (including phenoxy) is 2. The second-order valence-corrected chi connectivity index (χ2v) is 7.75. The number of rotatable bonds is 7. The van der Waals surface area contributed by atoms with Crippen LogP contribution >= 0.6 is 11.8 Å². The monoisotopic (exact) mass is 396 g/mol. The maximum atomic E-state index is 11.6. The number of fused-ring (bicyclic) bond motifs is 1. The van der Waals surface area contributed by atoms with Crippen LogP contribution in [0.5, 0.6) is 11.5 Å². The molecule has 1 fully saturated rings. The lowest BCUT2D eigenvalue weighted by atomic mass is 10.1. The molecule has 2 N–H and O–H groups in total. The highest BCUT2D eigenvalue weighted by molar-refractivity contribution is 8.15. The van der Waals surface area contributed by atoms with E-state index in [2.05, 4.69) is 16.4 Å². The lowest BCUT2D eigenvalue weighted by molar-refractivity contribution is -0.118. The molecule has 1 unspecified atom stereocenters. The Hall–Kier alpha value is -2.93. The van der Waals surface area contributed by atoms with Gasteiger partial charge in [-0.15, -0.1) is 0 Å². The molecule has 6 nitrogen and oxygen atoms in total. The van der Waals surface area contributed by atoms with Crippen LogP contribution in [0.25, 0.3) is 10.9 Å². The summed E-state index contributed by atoms with van der Waals surface area (Å²) < 4.78 is 11.1. The lowest BCUT2D eigenvalue weighted by Gasteiger charge is -2.08. The van der Waals surface area contributed by atoms with Crippen molar-refractivity contribution in [1.29, 1.82) is 0 Å². The molecule has 1 aliphatic rings. The average molecular weight is 396 g/mol. The number of amides is 2. The number of benzene rings is 2. The van der Waals surface area contributed by atoms with Crippen molar-refractivity contribution in [2.24, 2.45) is 0 Å². The van der Waals surface area contributed by atoms with Crippen LogP contribution < -0.4 is 14.8 Å². The molecule has 1 atom stereocenters. The zero-order valence-electron chi connectivity index (χ0n) is 15.4. The van der Waals surface area contributed by atoms with Gasteiger partial charge in [-0.05, 0) is 48.4 Å². The van der Waals surface area contributed by atoms with E-state index >= 15 is 0 Å². The lowest BCUT2D eigenvalue weighted by Crippen LogP contribution is -2.25. The Bertz CT molecular complexity index is 1010. The topological polar surface area (TPSA) is 80.4 Å². The fourth-order valence-electron chi connectivity index (χ4n) is 3.17. The van der Waals surface area contributed by atoms with Crippen molar-refractivity contribution >= 4 is 33.8 Å². The summed E-state index contributed by atoms with van der Waals surface area (Å²) in [6.07, 6.45) is 1.29. The van der Waals surface area contributed by atoms with Crippen molar-refractivity contribution in [2.75, 3.05) is 13.7 Å². The van der Waals surface area contributed by atoms with Crippen LogP contribution in [0.2, 0.25) is 0 Å². The average Bonchev–Trinajstić information content (AvgIpc) is 3.24. The van der Waals surface area contributed by atoms with Crippen molar-refractivity contribution in [3.8, 4) is 11.5 Å². The van der Waals surface area contributed by atoms with E-state index in [-0.39, 0.29) is 16.4 Å². The molecular weight excluding hydrogens is 376 g/mol. The van der Waals surface area contributed by atoms with Gasteiger partial charge in [0.2, 0.25) is 5.91 Å². The van der Waals surface area contributed by atoms with E-state index in [4.69, 9.17) is 9.47 Å². The molecule has 3 aromatic rings. The highest BCUT2D eigenvalue weighted by Crippen LogP contribution is 2.24. The number of methoxy groups -OCH3 is 1. The summed E-state index contributed by atoms with van der Waals surface area (Å²) in [4.78, 5) is 26.3. The largest absolute Gasteiger partial charge is 0.497 e. The minimum atomic E-state index is -0.347. The van der Waals surface area contributed by atoms with E-state index in [0.717, 1.165) is 51.8 Å². The third-order valence-electron chi connectivity index (χ3n) is 4.64. The zero-order valence-corrected chi connectivity index (χ0v) is 16.2. The Morgan fingerprint density at radius 2 is 1.82 bits per heavy atom. The van der Waals surface area contributed by atoms with Gasteiger partial charge in [0, 0.05) is 23.0 Å². The Balaban J connectivity index is 1.30. The third kappa shape index (κ3) is 4.14. The van der Waals surface area contributed by atoms with Crippen LogP contribution in [0, 0.1) is 0 Å². The van der Waals surface area contributed by atoms with Crippen LogP contribution in [-0.2, 0) is 17.6 Å². The van der Waals surface area contributed by atoms with Gasteiger partial charge in [0.05, 0.1) is 19.0 Å². The standard InChI is InChI=1S/C21H20N2O4S/c1-26-17-6-7-18-14(12-17)11-15(22-18)8-9-27-16-4-2-13(3-5-16)10-19-20(24)23-21(25)28-19/h2-7,11-12,19,22H,8-10H2,1H3,(H,23,24,25). The second-order valence-electron chi connectivity index (χ2n) is 6.58. The number of H-pyrrole nitrogens is 1. The van der Waals surface area contributed by atoms with Crippen molar-refractivity contribution in [3.63, 3.8) is 0 Å². The van der Waals surface area contributed by atoms with Crippen molar-refractivity contribution in [1.82, 2.24) is 10.3 Å². The molecule has 1 saturated heterocycles. The summed E-state index contributed by atoms with van der Waals surface area (Å²) >= 11 is 1.05. The van der Waals surface area contributed by atoms with Gasteiger partial charge in [0.15, 0.2) is 0 Å². The van der Waals surface area contributed by atoms with Crippen LogP contribution in [-0.4, -0.2) is 35.1 Å². The first-order chi connectivity index (χ1) is 13.6. The van der Waals surface area contributed by atoms with Gasteiger partial charge >= 0.3 is 0 Å². The number of carbonyl (C=O) groups excluding carboxylic acids is 2. The van der Waals surface area contributed by atoms with E-state index < -0.39 is 0 Å². The van der Waals surface area contributed by atoms with Crippen molar-refractivity contribution in [2.45, 2.75) is 18.1 Å². The number of hydrogen-bond donors (Lipinski definition) is 2. The molecule has 2 aromatic carbocycles. The van der Waals surface area contributed by atoms with Gasteiger partial charge in [-0.2, -0.15) is 0 Å². The fraction of sp³-hybridized carbons (Fsp3) is 0.238. The van der Waals surface area contributed by atoms with E-state index in [1.807, 2.05) is 42.5 Å². The first-order valence-corrected chi connectivity index (χ1v) is 9.87. The number of imide groups is 1. The predicted molar refractivity (Wildman–Crippen MR) is 109 cm³/mol. The highest BCUT2D eigenvalue weighted by atomic mass is 32.2. The van der Waals surface area contributed by atoms with Gasteiger partial charge in [0.1, 0.15) is 11.5 Å². The molecule has 1 aromatic heterocycles. The third-order valence-corrected chi connectivity index (χ3v) is 5.62. The van der Waals surface area contributed by atoms with Crippen molar-refractivity contribution in [3.05, 3.63) is 59.8 Å². The number of thioether (sulfide) groups is 1. The van der Waals surface area contributed by atoms with E-state index in [1.54, 1.807) is 7.11 Å².